The van der Waals surface area contributed by atoms with Gasteiger partial charge in [-0.2, -0.15) is 0 Å². The van der Waals surface area contributed by atoms with Crippen LogP contribution in [0.3, 0.4) is 0 Å². The highest BCUT2D eigenvalue weighted by Gasteiger charge is 2.36. The van der Waals surface area contributed by atoms with Crippen LogP contribution in [0.1, 0.15) is 20.3 Å². The molecule has 1 saturated carbocycles. The van der Waals surface area contributed by atoms with Crippen LogP contribution in [0.15, 0.2) is 0 Å². The lowest BCUT2D eigenvalue weighted by Gasteiger charge is -2.07. The molecule has 0 bridgehead atoms. The molecule has 0 radical (unpaired) electrons. The lowest BCUT2D eigenvalue weighted by Crippen LogP contribution is -2.15. The number of nitrogens with one attached hydrogen (secondary N) is 1. The zero-order valence-electron chi connectivity index (χ0n) is 6.47. The molecule has 1 aliphatic carbocycles. The molecule has 2 aliphatic rings. The van der Waals surface area contributed by atoms with Crippen LogP contribution >= 0.6 is 0 Å². The van der Waals surface area contributed by atoms with Crippen molar-refractivity contribution in [2.24, 2.45) is 11.8 Å². The van der Waals surface area contributed by atoms with Crippen LogP contribution in [0.5, 0.6) is 0 Å². The summed E-state index contributed by atoms with van der Waals surface area (Å²) in [4.78, 5) is 0. The molecule has 2 unspecified atom stereocenters. The summed E-state index contributed by atoms with van der Waals surface area (Å²) >= 11 is 0. The summed E-state index contributed by atoms with van der Waals surface area (Å²) in [5.74, 6) is 1.84. The van der Waals surface area contributed by atoms with Gasteiger partial charge in [-0.1, -0.05) is 7.43 Å². The Bertz CT molecular complexity index is 115. The van der Waals surface area contributed by atoms with Crippen molar-refractivity contribution in [3.63, 3.8) is 0 Å². The Kier molecular flexibility index (Phi) is 2.90. The van der Waals surface area contributed by atoms with Gasteiger partial charge in [0.1, 0.15) is 0 Å². The fourth-order valence-corrected chi connectivity index (χ4v) is 2.30. The molecule has 1 heterocycles. The van der Waals surface area contributed by atoms with E-state index in [1.807, 2.05) is 7.11 Å². The maximum Gasteiger partial charge on any atom is 0.0577 e. The van der Waals surface area contributed by atoms with E-state index in [0.717, 1.165) is 11.8 Å². The topological polar surface area (TPSA) is 21.3 Å². The molecule has 0 amide bonds. The van der Waals surface area contributed by atoms with Gasteiger partial charge in [-0.3, -0.25) is 0 Å². The molecule has 0 spiro atoms. The van der Waals surface area contributed by atoms with Gasteiger partial charge in [0.25, 0.3) is 0 Å². The van der Waals surface area contributed by atoms with Gasteiger partial charge in [-0.25, -0.2) is 0 Å². The Morgan fingerprint density at radius 2 is 1.73 bits per heavy atom. The van der Waals surface area contributed by atoms with E-state index in [4.69, 9.17) is 4.74 Å². The van der Waals surface area contributed by atoms with Crippen molar-refractivity contribution < 1.29 is 4.74 Å². The summed E-state index contributed by atoms with van der Waals surface area (Å²) in [7, 11) is 1.83. The van der Waals surface area contributed by atoms with E-state index in [1.54, 1.807) is 0 Å². The summed E-state index contributed by atoms with van der Waals surface area (Å²) in [5, 5.41) is 3.41. The molecule has 0 aromatic carbocycles. The van der Waals surface area contributed by atoms with Gasteiger partial charge in [-0.05, 0) is 37.8 Å². The molecule has 0 aromatic rings. The Morgan fingerprint density at radius 1 is 1.18 bits per heavy atom. The van der Waals surface area contributed by atoms with E-state index in [2.05, 4.69) is 5.32 Å². The fraction of sp³-hybridized carbons (Fsp3) is 1.00. The molecular formula is C9H19NO. The van der Waals surface area contributed by atoms with E-state index in [1.165, 1.54) is 25.9 Å². The van der Waals surface area contributed by atoms with Crippen molar-refractivity contribution in [3.05, 3.63) is 0 Å². The molecule has 0 aromatic heterocycles. The second-order valence-electron chi connectivity index (χ2n) is 3.51. The lowest BCUT2D eigenvalue weighted by atomic mass is 10.0. The smallest absolute Gasteiger partial charge is 0.0577 e. The second kappa shape index (κ2) is 3.55. The Morgan fingerprint density at radius 3 is 2.18 bits per heavy atom. The highest BCUT2D eigenvalue weighted by Crippen LogP contribution is 2.35. The van der Waals surface area contributed by atoms with Crippen molar-refractivity contribution in [2.45, 2.75) is 26.4 Å². The third kappa shape index (κ3) is 1.57. The zero-order chi connectivity index (χ0) is 6.97. The van der Waals surface area contributed by atoms with Crippen LogP contribution in [0.25, 0.3) is 0 Å². The van der Waals surface area contributed by atoms with E-state index in [9.17, 15) is 0 Å². The molecule has 2 heteroatoms. The number of hydrogen-bond donors (Lipinski definition) is 1. The largest absolute Gasteiger partial charge is 0.381 e. The Labute approximate surface area is 69.3 Å². The monoisotopic (exact) mass is 157 g/mol. The van der Waals surface area contributed by atoms with Gasteiger partial charge < -0.3 is 10.1 Å². The third-order valence-corrected chi connectivity index (χ3v) is 2.94. The van der Waals surface area contributed by atoms with Gasteiger partial charge in [-0.15, -0.1) is 0 Å². The van der Waals surface area contributed by atoms with Crippen LogP contribution in [0.4, 0.5) is 0 Å². The number of fused-ring (bicyclic) bond motifs is 1. The molecule has 2 fully saturated rings. The summed E-state index contributed by atoms with van der Waals surface area (Å²) in [5.41, 5.74) is 0. The van der Waals surface area contributed by atoms with Crippen LogP contribution < -0.4 is 5.32 Å². The van der Waals surface area contributed by atoms with Gasteiger partial charge in [0.2, 0.25) is 0 Å². The number of hydrogen-bond acceptors (Lipinski definition) is 2. The van der Waals surface area contributed by atoms with Gasteiger partial charge >= 0.3 is 0 Å². The van der Waals surface area contributed by atoms with E-state index in [-0.39, 0.29) is 7.43 Å². The Balaban J connectivity index is 0.000000605. The molecule has 2 rings (SSSR count). The minimum atomic E-state index is 0. The van der Waals surface area contributed by atoms with Gasteiger partial charge in [0, 0.05) is 7.11 Å². The first kappa shape index (κ1) is 9.01. The Hall–Kier alpha value is -0.0800. The summed E-state index contributed by atoms with van der Waals surface area (Å²) in [6.07, 6.45) is 3.14. The fourth-order valence-electron chi connectivity index (χ4n) is 2.30. The lowest BCUT2D eigenvalue weighted by molar-refractivity contribution is 0.102. The molecule has 11 heavy (non-hydrogen) atoms. The van der Waals surface area contributed by atoms with E-state index >= 15 is 0 Å². The molecule has 1 saturated heterocycles. The minimum absolute atomic E-state index is 0. The first-order valence-electron chi connectivity index (χ1n) is 4.13. The highest BCUT2D eigenvalue weighted by molar-refractivity contribution is 4.90. The minimum Gasteiger partial charge on any atom is -0.381 e. The van der Waals surface area contributed by atoms with Gasteiger partial charge in [0.05, 0.1) is 6.10 Å². The summed E-state index contributed by atoms with van der Waals surface area (Å²) in [6, 6.07) is 0. The molecule has 2 atom stereocenters. The molecule has 1 N–H and O–H groups in total. The van der Waals surface area contributed by atoms with Crippen LogP contribution in [0.2, 0.25) is 0 Å². The van der Waals surface area contributed by atoms with E-state index < -0.39 is 0 Å². The predicted molar refractivity (Wildman–Crippen MR) is 46.6 cm³/mol. The molecule has 2 nitrogen and oxygen atoms in total. The number of methoxy groups -OCH3 is 1. The van der Waals surface area contributed by atoms with Crippen molar-refractivity contribution in [1.29, 1.82) is 0 Å². The predicted octanol–water partition coefficient (Wildman–Crippen LogP) is 1.27. The van der Waals surface area contributed by atoms with Crippen molar-refractivity contribution in [3.8, 4) is 0 Å². The molecule has 66 valence electrons. The second-order valence-corrected chi connectivity index (χ2v) is 3.51. The van der Waals surface area contributed by atoms with Gasteiger partial charge in [0.15, 0.2) is 0 Å². The third-order valence-electron chi connectivity index (χ3n) is 2.94. The van der Waals surface area contributed by atoms with Crippen LogP contribution in [-0.4, -0.2) is 26.3 Å². The van der Waals surface area contributed by atoms with Crippen molar-refractivity contribution in [2.75, 3.05) is 20.2 Å². The van der Waals surface area contributed by atoms with Crippen LogP contribution in [-0.2, 0) is 4.74 Å². The highest BCUT2D eigenvalue weighted by atomic mass is 16.5. The maximum atomic E-state index is 5.32. The first-order valence-corrected chi connectivity index (χ1v) is 4.13. The molecular weight excluding hydrogens is 138 g/mol. The maximum absolute atomic E-state index is 5.32. The summed E-state index contributed by atoms with van der Waals surface area (Å²) in [6.45, 7) is 2.45. The normalized spacial score (nSPS) is 41.7. The quantitative estimate of drug-likeness (QED) is 0.619. The number of ether oxygens (including phenoxy) is 1. The SMILES string of the molecule is C.COC1CC2CNCC2C1. The average Bonchev–Trinajstić information content (AvgIpc) is 2.42. The molecule has 1 aliphatic heterocycles. The standard InChI is InChI=1S/C8H15NO.CH4/c1-10-8-2-6-4-9-5-7(6)3-8;/h6-9H,2-5H2,1H3;1H4. The van der Waals surface area contributed by atoms with Crippen molar-refractivity contribution >= 4 is 0 Å². The zero-order valence-corrected chi connectivity index (χ0v) is 6.47. The first-order chi connectivity index (χ1) is 4.90. The van der Waals surface area contributed by atoms with Crippen molar-refractivity contribution in [1.82, 2.24) is 5.32 Å². The average molecular weight is 157 g/mol. The van der Waals surface area contributed by atoms with Crippen LogP contribution in [0, 0.1) is 11.8 Å². The summed E-state index contributed by atoms with van der Waals surface area (Å²) < 4.78 is 5.32. The number of rotatable bonds is 1. The van der Waals surface area contributed by atoms with E-state index in [0.29, 0.717) is 6.10 Å².